The maximum absolute atomic E-state index is 4.47. The SMILES string of the molecule is CCC(C)(C)CC(C)(C)n1nncc1C(C)(C)CC(C)(C)C. The molecule has 0 aliphatic carbocycles. The molecule has 0 saturated heterocycles. The zero-order chi connectivity index (χ0) is 17.4. The Balaban J connectivity index is 3.17. The van der Waals surface area contributed by atoms with Gasteiger partial charge in [-0.2, -0.15) is 0 Å². The first-order valence-corrected chi connectivity index (χ1v) is 8.62. The maximum atomic E-state index is 4.47. The fourth-order valence-electron chi connectivity index (χ4n) is 3.93. The Morgan fingerprint density at radius 2 is 1.45 bits per heavy atom. The van der Waals surface area contributed by atoms with Gasteiger partial charge in [0, 0.05) is 5.41 Å². The van der Waals surface area contributed by atoms with Gasteiger partial charge >= 0.3 is 0 Å². The van der Waals surface area contributed by atoms with Crippen LogP contribution in [-0.4, -0.2) is 15.0 Å². The van der Waals surface area contributed by atoms with Gasteiger partial charge in [0.1, 0.15) is 0 Å². The minimum Gasteiger partial charge on any atom is -0.243 e. The number of hydrogen-bond acceptors (Lipinski definition) is 2. The van der Waals surface area contributed by atoms with E-state index < -0.39 is 0 Å². The largest absolute Gasteiger partial charge is 0.243 e. The summed E-state index contributed by atoms with van der Waals surface area (Å²) in [5, 5.41) is 8.72. The van der Waals surface area contributed by atoms with E-state index in [1.807, 2.05) is 6.20 Å². The average Bonchev–Trinajstić information content (AvgIpc) is 2.74. The maximum Gasteiger partial charge on any atom is 0.0730 e. The molecular weight excluding hydrogens is 270 g/mol. The molecule has 22 heavy (non-hydrogen) atoms. The Bertz CT molecular complexity index is 487. The fraction of sp³-hybridized carbons (Fsp3) is 0.895. The molecule has 0 bridgehead atoms. The zero-order valence-corrected chi connectivity index (χ0v) is 16.5. The predicted octanol–water partition coefficient (Wildman–Crippen LogP) is 5.55. The van der Waals surface area contributed by atoms with E-state index in [9.17, 15) is 0 Å². The molecule has 0 amide bonds. The molecule has 0 spiro atoms. The van der Waals surface area contributed by atoms with Gasteiger partial charge in [-0.25, -0.2) is 4.68 Å². The normalized spacial score (nSPS) is 14.5. The highest BCUT2D eigenvalue weighted by molar-refractivity contribution is 5.13. The third kappa shape index (κ3) is 4.82. The summed E-state index contributed by atoms with van der Waals surface area (Å²) < 4.78 is 2.18. The van der Waals surface area contributed by atoms with Crippen LogP contribution in [0.2, 0.25) is 0 Å². The van der Waals surface area contributed by atoms with Crippen molar-refractivity contribution in [2.24, 2.45) is 10.8 Å². The summed E-state index contributed by atoms with van der Waals surface area (Å²) in [5.41, 5.74) is 1.88. The summed E-state index contributed by atoms with van der Waals surface area (Å²) in [6.45, 7) is 23.0. The topological polar surface area (TPSA) is 30.7 Å². The first kappa shape index (κ1) is 19.2. The van der Waals surface area contributed by atoms with Crippen molar-refractivity contribution in [3.05, 3.63) is 11.9 Å². The summed E-state index contributed by atoms with van der Waals surface area (Å²) >= 11 is 0. The van der Waals surface area contributed by atoms with Crippen molar-refractivity contribution in [2.75, 3.05) is 0 Å². The van der Waals surface area contributed by atoms with Gasteiger partial charge in [0.25, 0.3) is 0 Å². The standard InChI is InChI=1S/C19H37N3/c1-11-17(5,6)14-19(9,10)22-15(12-20-21-22)18(7,8)13-16(2,3)4/h12H,11,13-14H2,1-10H3. The number of aromatic nitrogens is 3. The van der Waals surface area contributed by atoms with Gasteiger partial charge in [-0.3, -0.25) is 0 Å². The number of nitrogens with zero attached hydrogens (tertiary/aromatic N) is 3. The van der Waals surface area contributed by atoms with Crippen molar-refractivity contribution in [2.45, 2.75) is 99.5 Å². The predicted molar refractivity (Wildman–Crippen MR) is 95.1 cm³/mol. The van der Waals surface area contributed by atoms with E-state index in [-0.39, 0.29) is 16.4 Å². The second-order valence-electron chi connectivity index (χ2n) is 10.2. The van der Waals surface area contributed by atoms with E-state index in [0.29, 0.717) is 5.41 Å². The van der Waals surface area contributed by atoms with Crippen molar-refractivity contribution in [1.82, 2.24) is 15.0 Å². The van der Waals surface area contributed by atoms with Gasteiger partial charge in [0.05, 0.1) is 17.4 Å². The Hall–Kier alpha value is -0.860. The molecular formula is C19H37N3. The third-order valence-electron chi connectivity index (χ3n) is 4.66. The highest BCUT2D eigenvalue weighted by atomic mass is 15.5. The van der Waals surface area contributed by atoms with Gasteiger partial charge in [0.2, 0.25) is 0 Å². The van der Waals surface area contributed by atoms with Crippen molar-refractivity contribution < 1.29 is 0 Å². The molecule has 128 valence electrons. The zero-order valence-electron chi connectivity index (χ0n) is 16.5. The van der Waals surface area contributed by atoms with E-state index in [2.05, 4.69) is 84.2 Å². The van der Waals surface area contributed by atoms with Gasteiger partial charge < -0.3 is 0 Å². The van der Waals surface area contributed by atoms with Crippen LogP contribution in [0.5, 0.6) is 0 Å². The first-order valence-electron chi connectivity index (χ1n) is 8.62. The molecule has 0 atom stereocenters. The van der Waals surface area contributed by atoms with Crippen molar-refractivity contribution >= 4 is 0 Å². The van der Waals surface area contributed by atoms with E-state index in [1.54, 1.807) is 0 Å². The minimum absolute atomic E-state index is 0.0273. The second-order valence-corrected chi connectivity index (χ2v) is 10.2. The Kier molecular flexibility index (Phi) is 5.21. The third-order valence-corrected chi connectivity index (χ3v) is 4.66. The fourth-order valence-corrected chi connectivity index (χ4v) is 3.93. The minimum atomic E-state index is -0.0273. The van der Waals surface area contributed by atoms with E-state index in [4.69, 9.17) is 0 Å². The van der Waals surface area contributed by atoms with Crippen LogP contribution < -0.4 is 0 Å². The lowest BCUT2D eigenvalue weighted by molar-refractivity contribution is 0.161. The summed E-state index contributed by atoms with van der Waals surface area (Å²) in [7, 11) is 0. The Morgan fingerprint density at radius 1 is 0.909 bits per heavy atom. The number of rotatable bonds is 6. The van der Waals surface area contributed by atoms with Crippen LogP contribution >= 0.6 is 0 Å². The second kappa shape index (κ2) is 5.98. The van der Waals surface area contributed by atoms with Crippen LogP contribution in [0.25, 0.3) is 0 Å². The van der Waals surface area contributed by atoms with Crippen LogP contribution in [0.15, 0.2) is 6.20 Å². The average molecular weight is 308 g/mol. The lowest BCUT2D eigenvalue weighted by atomic mass is 9.73. The van der Waals surface area contributed by atoms with E-state index in [0.717, 1.165) is 12.8 Å². The van der Waals surface area contributed by atoms with Gasteiger partial charge in [-0.1, -0.05) is 67.0 Å². The van der Waals surface area contributed by atoms with Gasteiger partial charge in [-0.15, -0.1) is 5.10 Å². The van der Waals surface area contributed by atoms with Crippen molar-refractivity contribution in [3.8, 4) is 0 Å². The molecule has 3 heteroatoms. The van der Waals surface area contributed by atoms with Gasteiger partial charge in [0.15, 0.2) is 0 Å². The van der Waals surface area contributed by atoms with Crippen LogP contribution in [0, 0.1) is 10.8 Å². The lowest BCUT2D eigenvalue weighted by Crippen LogP contribution is -2.38. The Labute approximate surface area is 137 Å². The monoisotopic (exact) mass is 307 g/mol. The van der Waals surface area contributed by atoms with Crippen molar-refractivity contribution in [1.29, 1.82) is 0 Å². The van der Waals surface area contributed by atoms with Crippen LogP contribution in [0.3, 0.4) is 0 Å². The summed E-state index contributed by atoms with van der Waals surface area (Å²) in [4.78, 5) is 0. The quantitative estimate of drug-likeness (QED) is 0.689. The molecule has 0 aliphatic rings. The van der Waals surface area contributed by atoms with Gasteiger partial charge in [-0.05, 0) is 37.5 Å². The van der Waals surface area contributed by atoms with E-state index >= 15 is 0 Å². The molecule has 1 aromatic rings. The molecule has 0 aliphatic heterocycles. The molecule has 0 radical (unpaired) electrons. The van der Waals surface area contributed by atoms with Crippen molar-refractivity contribution in [3.63, 3.8) is 0 Å². The summed E-state index contributed by atoms with van der Waals surface area (Å²) in [6, 6.07) is 0. The first-order chi connectivity index (χ1) is 9.70. The summed E-state index contributed by atoms with van der Waals surface area (Å²) in [5.74, 6) is 0. The van der Waals surface area contributed by atoms with Crippen LogP contribution in [0.4, 0.5) is 0 Å². The molecule has 0 saturated carbocycles. The Morgan fingerprint density at radius 3 is 1.91 bits per heavy atom. The molecule has 3 nitrogen and oxygen atoms in total. The highest BCUT2D eigenvalue weighted by Gasteiger charge is 2.37. The molecule has 1 heterocycles. The molecule has 0 fully saturated rings. The van der Waals surface area contributed by atoms with Crippen LogP contribution in [-0.2, 0) is 11.0 Å². The van der Waals surface area contributed by atoms with Crippen LogP contribution in [0.1, 0.15) is 94.2 Å². The molecule has 1 rings (SSSR count). The molecule has 1 aromatic heterocycles. The number of hydrogen-bond donors (Lipinski definition) is 0. The highest BCUT2D eigenvalue weighted by Crippen LogP contribution is 2.40. The summed E-state index contributed by atoms with van der Waals surface area (Å²) in [6.07, 6.45) is 5.34. The molecule has 0 unspecified atom stereocenters. The lowest BCUT2D eigenvalue weighted by Gasteiger charge is -2.39. The molecule has 0 aromatic carbocycles. The molecule has 0 N–H and O–H groups in total. The smallest absolute Gasteiger partial charge is 0.0730 e. The van der Waals surface area contributed by atoms with E-state index in [1.165, 1.54) is 12.1 Å².